The molecule has 2 nitrogen and oxygen atoms in total. The Balaban J connectivity index is 2.47. The van der Waals surface area contributed by atoms with E-state index in [1.807, 2.05) is 0 Å². The molecule has 0 N–H and O–H groups in total. The number of aryl methyl sites for hydroxylation is 2. The lowest BCUT2D eigenvalue weighted by Gasteiger charge is -2.10. The van der Waals surface area contributed by atoms with Gasteiger partial charge in [-0.15, -0.1) is 11.6 Å². The summed E-state index contributed by atoms with van der Waals surface area (Å²) in [6.45, 7) is -0.326. The maximum atomic E-state index is 13.5. The molecule has 8 heteroatoms. The summed E-state index contributed by atoms with van der Waals surface area (Å²) >= 11 is 11.3. The fraction of sp³-hybridized carbons (Fsp3) is 0.417. The number of nitrogens with zero attached hydrogens (tertiary/aromatic N) is 2. The molecule has 1 aromatic heterocycles. The van der Waals surface area contributed by atoms with Gasteiger partial charge < -0.3 is 4.57 Å². The van der Waals surface area contributed by atoms with Crippen molar-refractivity contribution in [2.24, 2.45) is 0 Å². The zero-order valence-electron chi connectivity index (χ0n) is 10.1. The van der Waals surface area contributed by atoms with Gasteiger partial charge in [0.25, 0.3) is 0 Å². The summed E-state index contributed by atoms with van der Waals surface area (Å²) in [5, 5.41) is -0.115. The van der Waals surface area contributed by atoms with Gasteiger partial charge in [0.2, 0.25) is 0 Å². The second kappa shape index (κ2) is 5.77. The topological polar surface area (TPSA) is 17.8 Å². The third kappa shape index (κ3) is 3.35. The molecule has 0 aliphatic heterocycles. The molecular formula is C12H10Cl2F4N2. The highest BCUT2D eigenvalue weighted by atomic mass is 35.5. The number of alkyl halides is 4. The Hall–Kier alpha value is -1.01. The van der Waals surface area contributed by atoms with E-state index in [2.05, 4.69) is 4.98 Å². The van der Waals surface area contributed by atoms with Crippen molar-refractivity contribution in [3.63, 3.8) is 0 Å². The van der Waals surface area contributed by atoms with Crippen LogP contribution >= 0.6 is 23.2 Å². The SMILES string of the molecule is Fc1cc2c(cc1Cl)nc(CCCl)n2CCC(F)(F)F. The summed E-state index contributed by atoms with van der Waals surface area (Å²) in [4.78, 5) is 4.17. The second-order valence-electron chi connectivity index (χ2n) is 4.24. The van der Waals surface area contributed by atoms with Gasteiger partial charge in [0, 0.05) is 24.9 Å². The number of halogens is 6. The van der Waals surface area contributed by atoms with Crippen molar-refractivity contribution in [3.8, 4) is 0 Å². The molecule has 0 radical (unpaired) electrons. The molecule has 0 atom stereocenters. The Morgan fingerprint density at radius 2 is 1.95 bits per heavy atom. The van der Waals surface area contributed by atoms with E-state index >= 15 is 0 Å². The average Bonchev–Trinajstić information content (AvgIpc) is 2.64. The minimum absolute atomic E-state index is 0.115. The lowest BCUT2D eigenvalue weighted by Crippen LogP contribution is -2.14. The first-order chi connectivity index (χ1) is 9.31. The van der Waals surface area contributed by atoms with Crippen molar-refractivity contribution >= 4 is 34.2 Å². The van der Waals surface area contributed by atoms with Crippen LogP contribution < -0.4 is 0 Å². The molecule has 0 amide bonds. The molecule has 110 valence electrons. The van der Waals surface area contributed by atoms with E-state index in [4.69, 9.17) is 23.2 Å². The summed E-state index contributed by atoms with van der Waals surface area (Å²) in [7, 11) is 0. The molecule has 0 saturated carbocycles. The molecule has 0 bridgehead atoms. The van der Waals surface area contributed by atoms with Crippen LogP contribution in [0.2, 0.25) is 5.02 Å². The number of hydrogen-bond acceptors (Lipinski definition) is 1. The lowest BCUT2D eigenvalue weighted by atomic mass is 10.3. The van der Waals surface area contributed by atoms with Gasteiger partial charge in [0.05, 0.1) is 22.5 Å². The smallest absolute Gasteiger partial charge is 0.328 e. The monoisotopic (exact) mass is 328 g/mol. The Bertz CT molecular complexity index is 622. The van der Waals surface area contributed by atoms with Crippen molar-refractivity contribution in [1.29, 1.82) is 0 Å². The van der Waals surface area contributed by atoms with Crippen LogP contribution in [0.4, 0.5) is 17.6 Å². The predicted octanol–water partition coefficient (Wildman–Crippen LogP) is 4.56. The molecule has 0 aliphatic rings. The van der Waals surface area contributed by atoms with E-state index < -0.39 is 18.4 Å². The summed E-state index contributed by atoms with van der Waals surface area (Å²) in [6, 6.07) is 2.40. The third-order valence-electron chi connectivity index (χ3n) is 2.81. The fourth-order valence-electron chi connectivity index (χ4n) is 1.93. The molecule has 0 saturated heterocycles. The minimum atomic E-state index is -4.29. The normalized spacial score (nSPS) is 12.3. The zero-order valence-corrected chi connectivity index (χ0v) is 11.7. The lowest BCUT2D eigenvalue weighted by molar-refractivity contribution is -0.136. The van der Waals surface area contributed by atoms with E-state index in [-0.39, 0.29) is 23.0 Å². The van der Waals surface area contributed by atoms with Crippen LogP contribution in [0.3, 0.4) is 0 Å². The molecule has 1 heterocycles. The van der Waals surface area contributed by atoms with Crippen LogP contribution in [-0.2, 0) is 13.0 Å². The standard InChI is InChI=1S/C12H10Cl2F4N2/c13-3-1-11-19-9-5-7(14)8(15)6-10(9)20(11)4-2-12(16,17)18/h5-6H,1-4H2. The van der Waals surface area contributed by atoms with Gasteiger partial charge in [-0.1, -0.05) is 11.6 Å². The highest BCUT2D eigenvalue weighted by molar-refractivity contribution is 6.31. The van der Waals surface area contributed by atoms with Crippen molar-refractivity contribution < 1.29 is 17.6 Å². The first kappa shape index (κ1) is 15.4. The van der Waals surface area contributed by atoms with E-state index in [1.165, 1.54) is 10.6 Å². The average molecular weight is 329 g/mol. The van der Waals surface area contributed by atoms with Gasteiger partial charge in [0.15, 0.2) is 0 Å². The Kier molecular flexibility index (Phi) is 4.44. The summed E-state index contributed by atoms with van der Waals surface area (Å²) in [5.74, 6) is -0.0865. The van der Waals surface area contributed by atoms with Crippen molar-refractivity contribution in [2.75, 3.05) is 5.88 Å². The molecule has 20 heavy (non-hydrogen) atoms. The number of rotatable bonds is 4. The van der Waals surface area contributed by atoms with Crippen molar-refractivity contribution in [1.82, 2.24) is 9.55 Å². The molecule has 0 unspecified atom stereocenters. The van der Waals surface area contributed by atoms with E-state index in [1.54, 1.807) is 0 Å². The van der Waals surface area contributed by atoms with Gasteiger partial charge in [-0.05, 0) is 6.07 Å². The molecule has 2 rings (SSSR count). The number of imidazole rings is 1. The first-order valence-electron chi connectivity index (χ1n) is 5.78. The second-order valence-corrected chi connectivity index (χ2v) is 5.02. The maximum absolute atomic E-state index is 13.5. The van der Waals surface area contributed by atoms with Gasteiger partial charge in [-0.3, -0.25) is 0 Å². The Labute approximate surface area is 122 Å². The summed E-state index contributed by atoms with van der Waals surface area (Å²) in [5.41, 5.74) is 0.648. The van der Waals surface area contributed by atoms with Crippen LogP contribution in [0.15, 0.2) is 12.1 Å². The highest BCUT2D eigenvalue weighted by Gasteiger charge is 2.27. The molecule has 2 aromatic rings. The van der Waals surface area contributed by atoms with Gasteiger partial charge >= 0.3 is 6.18 Å². The van der Waals surface area contributed by atoms with E-state index in [9.17, 15) is 17.6 Å². The minimum Gasteiger partial charge on any atom is -0.328 e. The van der Waals surface area contributed by atoms with Crippen molar-refractivity contribution in [3.05, 3.63) is 28.8 Å². The van der Waals surface area contributed by atoms with E-state index in [0.717, 1.165) is 6.07 Å². The molecule has 1 aromatic carbocycles. The quantitative estimate of drug-likeness (QED) is 0.594. The number of benzene rings is 1. The Morgan fingerprint density at radius 3 is 2.55 bits per heavy atom. The molecule has 0 fully saturated rings. The first-order valence-corrected chi connectivity index (χ1v) is 6.70. The van der Waals surface area contributed by atoms with Gasteiger partial charge in [-0.25, -0.2) is 9.37 Å². The molecule has 0 spiro atoms. The third-order valence-corrected chi connectivity index (χ3v) is 3.28. The molecular weight excluding hydrogens is 319 g/mol. The Morgan fingerprint density at radius 1 is 1.25 bits per heavy atom. The summed E-state index contributed by atoms with van der Waals surface area (Å²) in [6.07, 6.45) is -5.01. The van der Waals surface area contributed by atoms with Crippen LogP contribution in [0, 0.1) is 5.82 Å². The number of aromatic nitrogens is 2. The largest absolute Gasteiger partial charge is 0.390 e. The number of fused-ring (bicyclic) bond motifs is 1. The maximum Gasteiger partial charge on any atom is 0.390 e. The predicted molar refractivity (Wildman–Crippen MR) is 69.8 cm³/mol. The van der Waals surface area contributed by atoms with Crippen LogP contribution in [0.25, 0.3) is 11.0 Å². The zero-order chi connectivity index (χ0) is 14.9. The highest BCUT2D eigenvalue weighted by Crippen LogP contribution is 2.27. The van der Waals surface area contributed by atoms with Gasteiger partial charge in [-0.2, -0.15) is 13.2 Å². The van der Waals surface area contributed by atoms with Crippen molar-refractivity contribution in [2.45, 2.75) is 25.6 Å². The summed E-state index contributed by atoms with van der Waals surface area (Å²) < 4.78 is 51.9. The van der Waals surface area contributed by atoms with Crippen LogP contribution in [0.1, 0.15) is 12.2 Å². The van der Waals surface area contributed by atoms with Crippen LogP contribution in [-0.4, -0.2) is 21.6 Å². The van der Waals surface area contributed by atoms with Gasteiger partial charge in [0.1, 0.15) is 11.6 Å². The fourth-order valence-corrected chi connectivity index (χ4v) is 2.26. The molecule has 0 aliphatic carbocycles. The number of hydrogen-bond donors (Lipinski definition) is 0. The van der Waals surface area contributed by atoms with E-state index in [0.29, 0.717) is 17.8 Å². The van der Waals surface area contributed by atoms with Crippen LogP contribution in [0.5, 0.6) is 0 Å².